The van der Waals surface area contributed by atoms with Gasteiger partial charge in [0.1, 0.15) is 5.65 Å². The predicted molar refractivity (Wildman–Crippen MR) is 82.3 cm³/mol. The minimum absolute atomic E-state index is 0.144. The minimum atomic E-state index is -3.46. The van der Waals surface area contributed by atoms with Crippen molar-refractivity contribution in [2.45, 2.75) is 17.6 Å². The van der Waals surface area contributed by atoms with Crippen LogP contribution in [0, 0.1) is 6.92 Å². The van der Waals surface area contributed by atoms with Crippen LogP contribution in [-0.4, -0.2) is 17.8 Å². The first kappa shape index (κ1) is 14.1. The number of aromatic nitrogens is 2. The van der Waals surface area contributed by atoms with Gasteiger partial charge in [0.2, 0.25) is 0 Å². The number of halogens is 1. The Kier molecular flexibility index (Phi) is 3.47. The van der Waals surface area contributed by atoms with Crippen LogP contribution in [0.15, 0.2) is 53.7 Å². The molecule has 0 N–H and O–H groups in total. The van der Waals surface area contributed by atoms with Gasteiger partial charge in [0, 0.05) is 17.4 Å². The highest BCUT2D eigenvalue weighted by Crippen LogP contribution is 2.20. The molecule has 1 aromatic carbocycles. The van der Waals surface area contributed by atoms with Gasteiger partial charge in [0.25, 0.3) is 0 Å². The zero-order valence-electron chi connectivity index (χ0n) is 11.3. The lowest BCUT2D eigenvalue weighted by Crippen LogP contribution is -2.05. The summed E-state index contributed by atoms with van der Waals surface area (Å²) in [6, 6.07) is 10.1. The number of benzene rings is 1. The topological polar surface area (TPSA) is 51.4 Å². The van der Waals surface area contributed by atoms with Crippen molar-refractivity contribution < 1.29 is 8.42 Å². The van der Waals surface area contributed by atoms with Crippen LogP contribution >= 0.6 is 11.6 Å². The lowest BCUT2D eigenvalue weighted by atomic mass is 10.3. The third-order valence-electron chi connectivity index (χ3n) is 3.22. The summed E-state index contributed by atoms with van der Waals surface area (Å²) in [5.74, 6) is -0.144. The molecule has 0 amide bonds. The van der Waals surface area contributed by atoms with E-state index < -0.39 is 9.84 Å². The molecule has 3 aromatic rings. The van der Waals surface area contributed by atoms with E-state index in [2.05, 4.69) is 4.98 Å². The summed E-state index contributed by atoms with van der Waals surface area (Å²) in [6.45, 7) is 1.94. The number of sulfone groups is 1. The van der Waals surface area contributed by atoms with Gasteiger partial charge in [0.05, 0.1) is 16.3 Å². The van der Waals surface area contributed by atoms with Crippen LogP contribution in [0.2, 0.25) is 5.02 Å². The van der Waals surface area contributed by atoms with Crippen molar-refractivity contribution in [1.82, 2.24) is 9.38 Å². The summed E-state index contributed by atoms with van der Waals surface area (Å²) < 4.78 is 26.6. The van der Waals surface area contributed by atoms with E-state index in [0.717, 1.165) is 11.2 Å². The molecule has 0 atom stereocenters. The Morgan fingerprint density at radius 2 is 2.05 bits per heavy atom. The van der Waals surface area contributed by atoms with Crippen molar-refractivity contribution in [2.75, 3.05) is 0 Å². The van der Waals surface area contributed by atoms with E-state index in [-0.39, 0.29) is 10.6 Å². The Bertz CT molecular complexity index is 916. The predicted octanol–water partition coefficient (Wildman–Crippen LogP) is 3.27. The second-order valence-electron chi connectivity index (χ2n) is 4.87. The zero-order valence-corrected chi connectivity index (χ0v) is 12.9. The van der Waals surface area contributed by atoms with Gasteiger partial charge in [-0.15, -0.1) is 0 Å². The summed E-state index contributed by atoms with van der Waals surface area (Å²) in [5, 5.41) is 0.405. The summed E-state index contributed by atoms with van der Waals surface area (Å²) in [6.07, 6.45) is 3.59. The molecule has 0 spiro atoms. The van der Waals surface area contributed by atoms with Gasteiger partial charge in [0.15, 0.2) is 9.84 Å². The fraction of sp³-hybridized carbons (Fsp3) is 0.133. The van der Waals surface area contributed by atoms with Gasteiger partial charge >= 0.3 is 0 Å². The molecule has 21 heavy (non-hydrogen) atoms. The molecular weight excluding hydrogens is 308 g/mol. The van der Waals surface area contributed by atoms with E-state index in [4.69, 9.17) is 11.6 Å². The standard InChI is InChI=1S/C15H13ClN2O2S/c1-11-4-3-7-18-9-13(17-15(11)18)10-21(19,20)14-6-2-5-12(16)8-14/h2-9H,10H2,1H3. The van der Waals surface area contributed by atoms with Gasteiger partial charge in [-0.25, -0.2) is 13.4 Å². The maximum Gasteiger partial charge on any atom is 0.184 e. The Hall–Kier alpha value is -1.85. The quantitative estimate of drug-likeness (QED) is 0.744. The van der Waals surface area contributed by atoms with Crippen molar-refractivity contribution >= 4 is 27.1 Å². The highest BCUT2D eigenvalue weighted by atomic mass is 35.5. The number of hydrogen-bond donors (Lipinski definition) is 0. The fourth-order valence-electron chi connectivity index (χ4n) is 2.21. The van der Waals surface area contributed by atoms with Gasteiger partial charge in [-0.3, -0.25) is 0 Å². The smallest absolute Gasteiger partial charge is 0.184 e. The third kappa shape index (κ3) is 2.80. The van der Waals surface area contributed by atoms with E-state index in [1.165, 1.54) is 6.07 Å². The number of hydrogen-bond acceptors (Lipinski definition) is 3. The summed E-state index contributed by atoms with van der Waals surface area (Å²) >= 11 is 5.85. The SMILES string of the molecule is Cc1cccn2cc(CS(=O)(=O)c3cccc(Cl)c3)nc12. The zero-order chi connectivity index (χ0) is 15.0. The molecule has 0 saturated heterocycles. The average Bonchev–Trinajstić information content (AvgIpc) is 2.82. The molecule has 0 aliphatic carbocycles. The van der Waals surface area contributed by atoms with E-state index in [1.807, 2.05) is 29.7 Å². The Morgan fingerprint density at radius 3 is 2.76 bits per heavy atom. The fourth-order valence-corrected chi connectivity index (χ4v) is 3.75. The van der Waals surface area contributed by atoms with Gasteiger partial charge in [-0.2, -0.15) is 0 Å². The number of aryl methyl sites for hydroxylation is 1. The van der Waals surface area contributed by atoms with Crippen molar-refractivity contribution in [3.63, 3.8) is 0 Å². The van der Waals surface area contributed by atoms with Crippen LogP contribution in [0.3, 0.4) is 0 Å². The molecule has 3 rings (SSSR count). The summed E-state index contributed by atoms with van der Waals surface area (Å²) in [4.78, 5) is 4.61. The molecule has 0 aliphatic rings. The van der Waals surface area contributed by atoms with Gasteiger partial charge < -0.3 is 4.40 Å². The molecule has 0 saturated carbocycles. The molecule has 6 heteroatoms. The molecule has 0 aliphatic heterocycles. The molecule has 108 valence electrons. The van der Waals surface area contributed by atoms with Crippen LogP contribution in [0.4, 0.5) is 0 Å². The molecular formula is C15H13ClN2O2S. The van der Waals surface area contributed by atoms with Crippen LogP contribution in [0.1, 0.15) is 11.3 Å². The second kappa shape index (κ2) is 5.16. The number of rotatable bonds is 3. The molecule has 0 fully saturated rings. The Morgan fingerprint density at radius 1 is 1.24 bits per heavy atom. The first-order valence-electron chi connectivity index (χ1n) is 6.37. The van der Waals surface area contributed by atoms with Crippen LogP contribution < -0.4 is 0 Å². The first-order valence-corrected chi connectivity index (χ1v) is 8.40. The Balaban J connectivity index is 1.99. The van der Waals surface area contributed by atoms with Crippen molar-refractivity contribution in [1.29, 1.82) is 0 Å². The van der Waals surface area contributed by atoms with Crippen LogP contribution in [0.5, 0.6) is 0 Å². The van der Waals surface area contributed by atoms with E-state index in [9.17, 15) is 8.42 Å². The summed E-state index contributed by atoms with van der Waals surface area (Å²) in [5.41, 5.74) is 2.29. The van der Waals surface area contributed by atoms with E-state index in [0.29, 0.717) is 10.7 Å². The maximum atomic E-state index is 12.4. The van der Waals surface area contributed by atoms with Crippen LogP contribution in [0.25, 0.3) is 5.65 Å². The number of nitrogens with zero attached hydrogens (tertiary/aromatic N) is 2. The van der Waals surface area contributed by atoms with Crippen molar-refractivity contribution in [3.05, 3.63) is 65.1 Å². The van der Waals surface area contributed by atoms with Gasteiger partial charge in [-0.1, -0.05) is 23.7 Å². The third-order valence-corrected chi connectivity index (χ3v) is 5.10. The average molecular weight is 321 g/mol. The lowest BCUT2D eigenvalue weighted by molar-refractivity contribution is 0.595. The normalized spacial score (nSPS) is 11.9. The van der Waals surface area contributed by atoms with E-state index >= 15 is 0 Å². The maximum absolute atomic E-state index is 12.4. The van der Waals surface area contributed by atoms with Crippen LogP contribution in [-0.2, 0) is 15.6 Å². The minimum Gasteiger partial charge on any atom is -0.307 e. The molecule has 0 radical (unpaired) electrons. The van der Waals surface area contributed by atoms with E-state index in [1.54, 1.807) is 24.4 Å². The van der Waals surface area contributed by atoms with Crippen molar-refractivity contribution in [2.24, 2.45) is 0 Å². The summed E-state index contributed by atoms with van der Waals surface area (Å²) in [7, 11) is -3.46. The molecule has 4 nitrogen and oxygen atoms in total. The number of pyridine rings is 1. The lowest BCUT2D eigenvalue weighted by Gasteiger charge is -2.02. The number of fused-ring (bicyclic) bond motifs is 1. The van der Waals surface area contributed by atoms with Gasteiger partial charge in [-0.05, 0) is 36.8 Å². The van der Waals surface area contributed by atoms with Crippen molar-refractivity contribution in [3.8, 4) is 0 Å². The highest BCUT2D eigenvalue weighted by Gasteiger charge is 2.18. The Labute approximate surface area is 127 Å². The largest absolute Gasteiger partial charge is 0.307 e. The molecule has 0 bridgehead atoms. The molecule has 2 aromatic heterocycles. The monoisotopic (exact) mass is 320 g/mol. The molecule has 0 unspecified atom stereocenters. The first-order chi connectivity index (χ1) is 9.95. The second-order valence-corrected chi connectivity index (χ2v) is 7.30. The number of imidazole rings is 1. The molecule has 2 heterocycles. The highest BCUT2D eigenvalue weighted by molar-refractivity contribution is 7.90.